The van der Waals surface area contributed by atoms with Gasteiger partial charge in [-0.1, -0.05) is 53.8 Å². The Morgan fingerprint density at radius 2 is 1.79 bits per heavy atom. The second-order valence-corrected chi connectivity index (χ2v) is 6.83. The van der Waals surface area contributed by atoms with Crippen molar-refractivity contribution < 1.29 is 9.47 Å². The zero-order chi connectivity index (χ0) is 19.7. The first-order chi connectivity index (χ1) is 13.6. The molecule has 0 amide bonds. The van der Waals surface area contributed by atoms with Gasteiger partial charge in [0.15, 0.2) is 17.2 Å². The Hall–Kier alpha value is -3.52. The van der Waals surface area contributed by atoms with Gasteiger partial charge in [0.1, 0.15) is 0 Å². The number of rotatable bonds is 4. The van der Waals surface area contributed by atoms with E-state index in [1.54, 1.807) is 49.6 Å². The molecule has 4 aromatic rings. The Labute approximate surface area is 163 Å². The van der Waals surface area contributed by atoms with Gasteiger partial charge in [0.05, 0.1) is 18.8 Å². The minimum Gasteiger partial charge on any atom is -0.493 e. The highest BCUT2D eigenvalue weighted by Crippen LogP contribution is 2.31. The molecule has 2 heterocycles. The highest BCUT2D eigenvalue weighted by molar-refractivity contribution is 7.15. The average Bonchev–Trinajstić information content (AvgIpc) is 3.02. The topological polar surface area (TPSA) is 82.8 Å². The molecule has 28 heavy (non-hydrogen) atoms. The highest BCUT2D eigenvalue weighted by atomic mass is 32.1. The van der Waals surface area contributed by atoms with E-state index in [9.17, 15) is 9.59 Å². The van der Waals surface area contributed by atoms with Crippen molar-refractivity contribution in [2.45, 2.75) is 0 Å². The van der Waals surface area contributed by atoms with E-state index < -0.39 is 5.56 Å². The maximum Gasteiger partial charge on any atom is 0.300 e. The summed E-state index contributed by atoms with van der Waals surface area (Å²) in [5.74, 6) is 1.07. The molecule has 0 aliphatic rings. The van der Waals surface area contributed by atoms with Crippen LogP contribution in [0.2, 0.25) is 0 Å². The normalized spacial score (nSPS) is 11.7. The van der Waals surface area contributed by atoms with Crippen LogP contribution in [0.5, 0.6) is 11.5 Å². The van der Waals surface area contributed by atoms with Crippen molar-refractivity contribution in [1.82, 2.24) is 14.6 Å². The van der Waals surface area contributed by atoms with Crippen molar-refractivity contribution in [2.75, 3.05) is 14.2 Å². The highest BCUT2D eigenvalue weighted by Gasteiger charge is 2.13. The zero-order valence-electron chi connectivity index (χ0n) is 15.1. The van der Waals surface area contributed by atoms with Gasteiger partial charge in [0.2, 0.25) is 4.96 Å². The predicted molar refractivity (Wildman–Crippen MR) is 107 cm³/mol. The van der Waals surface area contributed by atoms with Gasteiger partial charge < -0.3 is 9.47 Å². The lowest BCUT2D eigenvalue weighted by atomic mass is 10.2. The summed E-state index contributed by atoms with van der Waals surface area (Å²) < 4.78 is 12.2. The van der Waals surface area contributed by atoms with Crippen molar-refractivity contribution >= 4 is 22.4 Å². The standard InChI is InChI=1S/C20H15N3O4S/c1-26-14-10-6-9-13(17(14)27-2)11-15-19(25)23-20(28-15)21-18(24)16(22-23)12-7-4-3-5-8-12/h3-11H,1-2H3/b15-11-. The number of thiazole rings is 1. The summed E-state index contributed by atoms with van der Waals surface area (Å²) in [6, 6.07) is 14.3. The second-order valence-electron chi connectivity index (χ2n) is 5.82. The van der Waals surface area contributed by atoms with Crippen molar-refractivity contribution in [3.63, 3.8) is 0 Å². The summed E-state index contributed by atoms with van der Waals surface area (Å²) in [5, 5.41) is 4.25. The van der Waals surface area contributed by atoms with Crippen LogP contribution < -0.4 is 25.1 Å². The van der Waals surface area contributed by atoms with Gasteiger partial charge in [0.25, 0.3) is 5.56 Å². The van der Waals surface area contributed by atoms with Gasteiger partial charge in [-0.3, -0.25) is 9.59 Å². The van der Waals surface area contributed by atoms with E-state index in [0.717, 1.165) is 15.9 Å². The second kappa shape index (κ2) is 7.24. The van der Waals surface area contributed by atoms with Crippen LogP contribution in [-0.2, 0) is 0 Å². The number of ether oxygens (including phenoxy) is 2. The monoisotopic (exact) mass is 393 g/mol. The van der Waals surface area contributed by atoms with E-state index in [1.165, 1.54) is 7.11 Å². The minimum atomic E-state index is -0.474. The molecule has 2 aromatic heterocycles. The number of methoxy groups -OCH3 is 2. The van der Waals surface area contributed by atoms with Crippen molar-refractivity contribution in [3.8, 4) is 22.8 Å². The number of benzene rings is 2. The van der Waals surface area contributed by atoms with Crippen LogP contribution >= 0.6 is 11.3 Å². The molecule has 0 aliphatic carbocycles. The number of hydrogen-bond acceptors (Lipinski definition) is 7. The molecule has 0 atom stereocenters. The fourth-order valence-corrected chi connectivity index (χ4v) is 3.75. The van der Waals surface area contributed by atoms with Crippen LogP contribution in [0.3, 0.4) is 0 Å². The van der Waals surface area contributed by atoms with Gasteiger partial charge >= 0.3 is 5.56 Å². The van der Waals surface area contributed by atoms with Gasteiger partial charge in [-0.05, 0) is 12.1 Å². The van der Waals surface area contributed by atoms with E-state index in [2.05, 4.69) is 10.1 Å². The third-order valence-electron chi connectivity index (χ3n) is 4.15. The predicted octanol–water partition coefficient (Wildman–Crippen LogP) is 1.74. The van der Waals surface area contributed by atoms with Crippen molar-refractivity contribution in [2.24, 2.45) is 0 Å². The molecule has 0 saturated carbocycles. The Morgan fingerprint density at radius 1 is 1.00 bits per heavy atom. The van der Waals surface area contributed by atoms with Gasteiger partial charge in [0, 0.05) is 11.1 Å². The largest absolute Gasteiger partial charge is 0.493 e. The SMILES string of the molecule is COc1cccc(/C=c2\sc3nc(=O)c(-c4ccccc4)nn3c2=O)c1OC. The van der Waals surface area contributed by atoms with Crippen LogP contribution in [-0.4, -0.2) is 28.8 Å². The Bertz CT molecular complexity index is 1330. The summed E-state index contributed by atoms with van der Waals surface area (Å²) >= 11 is 1.09. The summed E-state index contributed by atoms with van der Waals surface area (Å²) in [6.07, 6.45) is 1.68. The van der Waals surface area contributed by atoms with Crippen LogP contribution in [0.15, 0.2) is 58.1 Å². The molecule has 4 rings (SSSR count). The third kappa shape index (κ3) is 3.03. The first kappa shape index (κ1) is 17.9. The number of fused-ring (bicyclic) bond motifs is 1. The molecule has 8 heteroatoms. The first-order valence-electron chi connectivity index (χ1n) is 8.34. The Kier molecular flexibility index (Phi) is 4.62. The lowest BCUT2D eigenvalue weighted by molar-refractivity contribution is 0.354. The van der Waals surface area contributed by atoms with Crippen molar-refractivity contribution in [1.29, 1.82) is 0 Å². The molecule has 0 unspecified atom stereocenters. The van der Waals surface area contributed by atoms with Gasteiger partial charge in [-0.2, -0.15) is 14.6 Å². The maximum absolute atomic E-state index is 12.8. The maximum atomic E-state index is 12.8. The summed E-state index contributed by atoms with van der Waals surface area (Å²) in [6.45, 7) is 0. The first-order valence-corrected chi connectivity index (χ1v) is 9.16. The average molecular weight is 393 g/mol. The smallest absolute Gasteiger partial charge is 0.300 e. The molecule has 0 aliphatic heterocycles. The molecular weight excluding hydrogens is 378 g/mol. The van der Waals surface area contributed by atoms with Crippen LogP contribution in [0, 0.1) is 0 Å². The molecule has 0 N–H and O–H groups in total. The van der Waals surface area contributed by atoms with E-state index in [-0.39, 0.29) is 16.2 Å². The summed E-state index contributed by atoms with van der Waals surface area (Å²) in [7, 11) is 3.08. The molecule has 7 nitrogen and oxygen atoms in total. The molecule has 2 aromatic carbocycles. The molecule has 0 fully saturated rings. The quantitative estimate of drug-likeness (QED) is 0.525. The van der Waals surface area contributed by atoms with Gasteiger partial charge in [-0.25, -0.2) is 0 Å². The number of hydrogen-bond donors (Lipinski definition) is 0. The lowest BCUT2D eigenvalue weighted by Gasteiger charge is -2.09. The van der Waals surface area contributed by atoms with Crippen molar-refractivity contribution in [3.05, 3.63) is 79.3 Å². The summed E-state index contributed by atoms with van der Waals surface area (Å²) in [4.78, 5) is 29.5. The number of para-hydroxylation sites is 1. The van der Waals surface area contributed by atoms with Crippen LogP contribution in [0.1, 0.15) is 5.56 Å². The molecule has 140 valence electrons. The van der Waals surface area contributed by atoms with Crippen LogP contribution in [0.25, 0.3) is 22.3 Å². The molecule has 0 spiro atoms. The Balaban J connectivity index is 1.94. The van der Waals surface area contributed by atoms with Gasteiger partial charge in [-0.15, -0.1) is 0 Å². The number of nitrogens with zero attached hydrogens (tertiary/aromatic N) is 3. The Morgan fingerprint density at radius 3 is 2.50 bits per heavy atom. The fourth-order valence-electron chi connectivity index (χ4n) is 2.85. The molecule has 0 radical (unpaired) electrons. The lowest BCUT2D eigenvalue weighted by Crippen LogP contribution is -2.26. The molecular formula is C20H15N3O4S. The van der Waals surface area contributed by atoms with E-state index in [4.69, 9.17) is 9.47 Å². The van der Waals surface area contributed by atoms with E-state index in [0.29, 0.717) is 27.2 Å². The third-order valence-corrected chi connectivity index (χ3v) is 5.11. The van der Waals surface area contributed by atoms with E-state index in [1.807, 2.05) is 12.1 Å². The van der Waals surface area contributed by atoms with Crippen LogP contribution in [0.4, 0.5) is 0 Å². The molecule has 0 saturated heterocycles. The fraction of sp³-hybridized carbons (Fsp3) is 0.100. The molecule has 0 bridgehead atoms. The summed E-state index contributed by atoms with van der Waals surface area (Å²) in [5.41, 5.74) is 0.600. The van der Waals surface area contributed by atoms with E-state index >= 15 is 0 Å². The zero-order valence-corrected chi connectivity index (χ0v) is 15.9. The number of aromatic nitrogens is 3. The minimum absolute atomic E-state index is 0.138.